The Bertz CT molecular complexity index is 3190. The first-order valence-electron chi connectivity index (χ1n) is 18.1. The molecule has 0 spiro atoms. The minimum Gasteiger partial charge on any atom is -0.458 e. The number of aromatic nitrogens is 2. The molecule has 3 aromatic heterocycles. The molecule has 0 amide bonds. The van der Waals surface area contributed by atoms with E-state index in [2.05, 4.69) is 173 Å². The van der Waals surface area contributed by atoms with E-state index in [0.717, 1.165) is 61.2 Å². The normalized spacial score (nSPS) is 12.6. The summed E-state index contributed by atoms with van der Waals surface area (Å²) in [5, 5.41) is 7.17. The van der Waals surface area contributed by atoms with Crippen LogP contribution < -0.4 is 21.1 Å². The Morgan fingerprint density at radius 1 is 0.358 bits per heavy atom. The van der Waals surface area contributed by atoms with Crippen LogP contribution in [0.25, 0.3) is 76.9 Å². The van der Waals surface area contributed by atoms with Crippen LogP contribution in [0.5, 0.6) is 11.5 Å². The van der Waals surface area contributed by atoms with Crippen molar-refractivity contribution in [2.24, 2.45) is 0 Å². The van der Waals surface area contributed by atoms with Crippen molar-refractivity contribution >= 4 is 88.7 Å². The van der Waals surface area contributed by atoms with E-state index in [9.17, 15) is 0 Å². The van der Waals surface area contributed by atoms with Gasteiger partial charge in [-0.2, -0.15) is 0 Å². The maximum Gasteiger partial charge on any atom is 0.255 e. The summed E-state index contributed by atoms with van der Waals surface area (Å²) in [5.41, 5.74) is 12.2. The monoisotopic (exact) mass is 676 g/mol. The lowest BCUT2D eigenvalue weighted by molar-refractivity contribution is 0.487. The molecule has 0 atom stereocenters. The van der Waals surface area contributed by atoms with Crippen LogP contribution >= 0.6 is 0 Å². The Balaban J connectivity index is 1.06. The first kappa shape index (κ1) is 28.7. The van der Waals surface area contributed by atoms with Crippen LogP contribution in [0.1, 0.15) is 0 Å². The van der Waals surface area contributed by atoms with Gasteiger partial charge in [0.1, 0.15) is 22.7 Å². The number of hydrogen-bond acceptors (Lipinski definition) is 2. The largest absolute Gasteiger partial charge is 0.458 e. The van der Waals surface area contributed by atoms with Gasteiger partial charge >= 0.3 is 0 Å². The van der Waals surface area contributed by atoms with Gasteiger partial charge in [-0.3, -0.25) is 0 Å². The molecule has 0 fully saturated rings. The Morgan fingerprint density at radius 2 is 0.830 bits per heavy atom. The second kappa shape index (κ2) is 10.8. The zero-order chi connectivity index (χ0) is 34.6. The van der Waals surface area contributed by atoms with E-state index in [0.29, 0.717) is 0 Å². The number of nitrogens with zero attached hydrogens (tertiary/aromatic N) is 2. The number of para-hydroxylation sites is 6. The highest BCUT2D eigenvalue weighted by Gasteiger charge is 2.34. The quantitative estimate of drug-likeness (QED) is 0.175. The van der Waals surface area contributed by atoms with Crippen molar-refractivity contribution < 1.29 is 9.15 Å². The summed E-state index contributed by atoms with van der Waals surface area (Å²) in [7, 11) is 0. The van der Waals surface area contributed by atoms with Gasteiger partial charge in [-0.15, -0.1) is 0 Å². The third-order valence-electron chi connectivity index (χ3n) is 11.3. The van der Waals surface area contributed by atoms with Gasteiger partial charge < -0.3 is 18.3 Å². The van der Waals surface area contributed by atoms with Crippen LogP contribution in [0.15, 0.2) is 180 Å². The number of hydrogen-bond donors (Lipinski definition) is 0. The minimum absolute atomic E-state index is 0.0130. The number of fused-ring (bicyclic) bond motifs is 11. The van der Waals surface area contributed by atoms with Crippen molar-refractivity contribution in [3.8, 4) is 22.9 Å². The van der Waals surface area contributed by atoms with E-state index in [1.165, 1.54) is 43.6 Å². The Hall–Kier alpha value is -6.98. The molecule has 1 aliphatic heterocycles. The van der Waals surface area contributed by atoms with Crippen LogP contribution in [0.4, 0.5) is 0 Å². The van der Waals surface area contributed by atoms with Crippen LogP contribution in [0, 0.1) is 0 Å². The van der Waals surface area contributed by atoms with Gasteiger partial charge in [-0.1, -0.05) is 109 Å². The maximum atomic E-state index is 6.79. The number of benzene rings is 8. The molecule has 1 aliphatic rings. The summed E-state index contributed by atoms with van der Waals surface area (Å²) in [6, 6.07) is 62.9. The molecule has 246 valence electrons. The summed E-state index contributed by atoms with van der Waals surface area (Å²) >= 11 is 0. The van der Waals surface area contributed by atoms with Crippen molar-refractivity contribution in [2.75, 3.05) is 0 Å². The molecule has 0 N–H and O–H groups in total. The van der Waals surface area contributed by atoms with Gasteiger partial charge in [0.25, 0.3) is 6.71 Å². The van der Waals surface area contributed by atoms with Gasteiger partial charge in [-0.05, 0) is 83.1 Å². The lowest BCUT2D eigenvalue weighted by atomic mass is 9.35. The minimum atomic E-state index is -0.0130. The van der Waals surface area contributed by atoms with E-state index in [4.69, 9.17) is 9.15 Å². The topological polar surface area (TPSA) is 32.2 Å². The first-order chi connectivity index (χ1) is 26.3. The number of ether oxygens (including phenoxy) is 1. The third-order valence-corrected chi connectivity index (χ3v) is 11.3. The molecule has 0 unspecified atom stereocenters. The summed E-state index contributed by atoms with van der Waals surface area (Å²) in [6.45, 7) is -0.0130. The number of furan rings is 1. The predicted octanol–water partition coefficient (Wildman–Crippen LogP) is 10.4. The highest BCUT2D eigenvalue weighted by Crippen LogP contribution is 2.38. The third kappa shape index (κ3) is 4.02. The molecule has 12 rings (SSSR count). The molecular weight excluding hydrogens is 647 g/mol. The van der Waals surface area contributed by atoms with Gasteiger partial charge in [0, 0.05) is 43.7 Å². The summed E-state index contributed by atoms with van der Waals surface area (Å²) in [6.07, 6.45) is 0. The van der Waals surface area contributed by atoms with Gasteiger partial charge in [0.2, 0.25) is 0 Å². The second-order valence-electron chi connectivity index (χ2n) is 14.0. The zero-order valence-electron chi connectivity index (χ0n) is 28.5. The Labute approximate surface area is 304 Å². The molecular formula is C48H29BN2O2. The van der Waals surface area contributed by atoms with Crippen molar-refractivity contribution in [2.45, 2.75) is 0 Å². The molecule has 5 heteroatoms. The van der Waals surface area contributed by atoms with Gasteiger partial charge in [0.15, 0.2) is 0 Å². The highest BCUT2D eigenvalue weighted by atomic mass is 16.5. The SMILES string of the molecule is c1ccc2c(c1)Oc1ccccc1B2c1cccc2c1oc1ccc(-n3c4ccccc4c4cc(-n5c6ccccc6c6ccccc65)ccc43)cc12. The summed E-state index contributed by atoms with van der Waals surface area (Å²) < 4.78 is 17.9. The fourth-order valence-corrected chi connectivity index (χ4v) is 9.00. The van der Waals surface area contributed by atoms with Crippen LogP contribution in [0.3, 0.4) is 0 Å². The Kier molecular flexibility index (Phi) is 5.83. The average Bonchev–Trinajstić information content (AvgIpc) is 3.87. The molecule has 53 heavy (non-hydrogen) atoms. The van der Waals surface area contributed by atoms with E-state index in [-0.39, 0.29) is 6.71 Å². The Morgan fingerprint density at radius 3 is 1.47 bits per heavy atom. The van der Waals surface area contributed by atoms with Gasteiger partial charge in [-0.25, -0.2) is 0 Å². The molecule has 0 bridgehead atoms. The molecule has 8 aromatic carbocycles. The van der Waals surface area contributed by atoms with Crippen LogP contribution in [0.2, 0.25) is 0 Å². The van der Waals surface area contributed by atoms with Crippen molar-refractivity contribution in [1.82, 2.24) is 9.13 Å². The number of rotatable bonds is 3. The molecule has 4 nitrogen and oxygen atoms in total. The lowest BCUT2D eigenvalue weighted by Crippen LogP contribution is -2.54. The first-order valence-corrected chi connectivity index (χ1v) is 18.1. The fraction of sp³-hybridized carbons (Fsp3) is 0. The maximum absolute atomic E-state index is 6.79. The van der Waals surface area contributed by atoms with Crippen molar-refractivity contribution in [3.63, 3.8) is 0 Å². The molecule has 0 saturated carbocycles. The smallest absolute Gasteiger partial charge is 0.255 e. The van der Waals surface area contributed by atoms with Crippen molar-refractivity contribution in [1.29, 1.82) is 0 Å². The predicted molar refractivity (Wildman–Crippen MR) is 220 cm³/mol. The summed E-state index contributed by atoms with van der Waals surface area (Å²) in [5.74, 6) is 1.78. The lowest BCUT2D eigenvalue weighted by Gasteiger charge is -2.26. The fourth-order valence-electron chi connectivity index (χ4n) is 9.00. The molecule has 0 radical (unpaired) electrons. The molecule has 11 aromatic rings. The standard InChI is InChI=1S/C48H29BN2O2/c1-6-19-41-32(12-1)33-13-2-7-20-42(33)50(41)30-24-26-44-36(28-30)34-14-3-8-21-43(34)51(44)31-25-27-45-37(29-31)35-15-11-18-40(48(35)53-45)49-38-16-4-9-22-46(38)52-47-23-10-5-17-39(47)49/h1-29H. The van der Waals surface area contributed by atoms with Crippen molar-refractivity contribution in [3.05, 3.63) is 176 Å². The van der Waals surface area contributed by atoms with E-state index in [1.807, 2.05) is 12.1 Å². The average molecular weight is 677 g/mol. The molecule has 0 saturated heterocycles. The second-order valence-corrected chi connectivity index (χ2v) is 14.0. The van der Waals surface area contributed by atoms with E-state index >= 15 is 0 Å². The highest BCUT2D eigenvalue weighted by molar-refractivity contribution is 6.98. The van der Waals surface area contributed by atoms with Crippen LogP contribution in [-0.2, 0) is 0 Å². The van der Waals surface area contributed by atoms with E-state index < -0.39 is 0 Å². The summed E-state index contributed by atoms with van der Waals surface area (Å²) in [4.78, 5) is 0. The van der Waals surface area contributed by atoms with Crippen LogP contribution in [-0.4, -0.2) is 15.8 Å². The molecule has 4 heterocycles. The van der Waals surface area contributed by atoms with E-state index in [1.54, 1.807) is 0 Å². The van der Waals surface area contributed by atoms with Gasteiger partial charge in [0.05, 0.1) is 22.1 Å². The molecule has 0 aliphatic carbocycles. The zero-order valence-corrected chi connectivity index (χ0v) is 28.5.